The van der Waals surface area contributed by atoms with Crippen LogP contribution in [0, 0.1) is 0 Å². The Kier molecular flexibility index (Phi) is 3.58. The third-order valence-corrected chi connectivity index (χ3v) is 2.68. The lowest BCUT2D eigenvalue weighted by Gasteiger charge is -2.32. The molecular formula is C10H17N5O2. The van der Waals surface area contributed by atoms with E-state index in [9.17, 15) is 0 Å². The number of anilines is 2. The Bertz CT molecular complexity index is 387. The minimum absolute atomic E-state index is 0.173. The van der Waals surface area contributed by atoms with Crippen molar-refractivity contribution in [3.05, 3.63) is 0 Å². The summed E-state index contributed by atoms with van der Waals surface area (Å²) in [6.45, 7) is 4.29. The summed E-state index contributed by atoms with van der Waals surface area (Å²) in [5.41, 5.74) is 5.61. The standard InChI is InChI=1S/C10H17N5O2/c1-3-7-6-15(4-5-17-7)9-12-8(11)13-10(14-9)16-2/h7H,3-6H2,1-2H3,(H2,11,12,13,14). The first-order valence-electron chi connectivity index (χ1n) is 5.65. The highest BCUT2D eigenvalue weighted by molar-refractivity contribution is 5.36. The third kappa shape index (κ3) is 2.73. The predicted octanol–water partition coefficient (Wildman–Crippen LogP) is 0.0776. The van der Waals surface area contributed by atoms with Crippen LogP contribution in [0.2, 0.25) is 0 Å². The average molecular weight is 239 g/mol. The zero-order valence-electron chi connectivity index (χ0n) is 10.1. The molecule has 7 nitrogen and oxygen atoms in total. The van der Waals surface area contributed by atoms with Crippen molar-refractivity contribution in [2.45, 2.75) is 19.4 Å². The number of methoxy groups -OCH3 is 1. The van der Waals surface area contributed by atoms with Gasteiger partial charge in [0.2, 0.25) is 11.9 Å². The molecule has 0 aliphatic carbocycles. The first-order valence-corrected chi connectivity index (χ1v) is 5.65. The monoisotopic (exact) mass is 239 g/mol. The first-order chi connectivity index (χ1) is 8.22. The number of nitrogens with zero attached hydrogens (tertiary/aromatic N) is 4. The van der Waals surface area contributed by atoms with Gasteiger partial charge in [-0.3, -0.25) is 0 Å². The Labute approximate surface area is 100.0 Å². The molecule has 1 saturated heterocycles. The van der Waals surface area contributed by atoms with E-state index in [-0.39, 0.29) is 18.1 Å². The molecule has 1 aliphatic heterocycles. The molecule has 7 heteroatoms. The molecule has 1 aliphatic rings. The van der Waals surface area contributed by atoms with Gasteiger partial charge in [0, 0.05) is 13.1 Å². The molecule has 1 atom stereocenters. The maximum absolute atomic E-state index is 5.61. The lowest BCUT2D eigenvalue weighted by Crippen LogP contribution is -2.43. The summed E-state index contributed by atoms with van der Waals surface area (Å²) in [5.74, 6) is 0.725. The molecule has 2 rings (SSSR count). The van der Waals surface area contributed by atoms with Gasteiger partial charge in [-0.25, -0.2) is 0 Å². The molecule has 1 fully saturated rings. The maximum Gasteiger partial charge on any atom is 0.322 e. The van der Waals surface area contributed by atoms with E-state index >= 15 is 0 Å². The van der Waals surface area contributed by atoms with Gasteiger partial charge in [-0.1, -0.05) is 6.92 Å². The second kappa shape index (κ2) is 5.13. The van der Waals surface area contributed by atoms with Crippen molar-refractivity contribution in [2.24, 2.45) is 0 Å². The average Bonchev–Trinajstić information content (AvgIpc) is 2.38. The molecule has 0 radical (unpaired) electrons. The highest BCUT2D eigenvalue weighted by Crippen LogP contribution is 2.17. The third-order valence-electron chi connectivity index (χ3n) is 2.68. The fraction of sp³-hybridized carbons (Fsp3) is 0.700. The van der Waals surface area contributed by atoms with Crippen molar-refractivity contribution >= 4 is 11.9 Å². The summed E-state index contributed by atoms with van der Waals surface area (Å²) in [6.07, 6.45) is 1.18. The van der Waals surface area contributed by atoms with Gasteiger partial charge in [0.05, 0.1) is 19.8 Å². The largest absolute Gasteiger partial charge is 0.467 e. The number of hydrogen-bond donors (Lipinski definition) is 1. The van der Waals surface area contributed by atoms with Crippen LogP contribution in [0.4, 0.5) is 11.9 Å². The summed E-state index contributed by atoms with van der Waals surface area (Å²) in [5, 5.41) is 0. The topological polar surface area (TPSA) is 86.4 Å². The lowest BCUT2D eigenvalue weighted by atomic mass is 10.2. The van der Waals surface area contributed by atoms with E-state index in [0.29, 0.717) is 12.6 Å². The Morgan fingerprint density at radius 1 is 1.47 bits per heavy atom. The number of aromatic nitrogens is 3. The molecule has 2 N–H and O–H groups in total. The zero-order valence-corrected chi connectivity index (χ0v) is 10.1. The van der Waals surface area contributed by atoms with Gasteiger partial charge in [-0.2, -0.15) is 15.0 Å². The van der Waals surface area contributed by atoms with Crippen LogP contribution in [0.15, 0.2) is 0 Å². The Morgan fingerprint density at radius 3 is 3.00 bits per heavy atom. The predicted molar refractivity (Wildman–Crippen MR) is 63.0 cm³/mol. The summed E-state index contributed by atoms with van der Waals surface area (Å²) >= 11 is 0. The molecule has 1 unspecified atom stereocenters. The zero-order chi connectivity index (χ0) is 12.3. The van der Waals surface area contributed by atoms with E-state index in [2.05, 4.69) is 21.9 Å². The second-order valence-electron chi connectivity index (χ2n) is 3.83. The van der Waals surface area contributed by atoms with E-state index in [1.165, 1.54) is 7.11 Å². The van der Waals surface area contributed by atoms with Gasteiger partial charge in [0.15, 0.2) is 0 Å². The summed E-state index contributed by atoms with van der Waals surface area (Å²) < 4.78 is 10.6. The molecule has 0 bridgehead atoms. The van der Waals surface area contributed by atoms with Crippen LogP contribution >= 0.6 is 0 Å². The van der Waals surface area contributed by atoms with Crippen LogP contribution in [0.3, 0.4) is 0 Å². The minimum atomic E-state index is 0.173. The van der Waals surface area contributed by atoms with Crippen LogP contribution in [-0.4, -0.2) is 47.9 Å². The van der Waals surface area contributed by atoms with Crippen LogP contribution < -0.4 is 15.4 Å². The summed E-state index contributed by atoms with van der Waals surface area (Å²) in [6, 6.07) is 0.243. The Hall–Kier alpha value is -1.63. The Morgan fingerprint density at radius 2 is 2.29 bits per heavy atom. The molecule has 1 aromatic heterocycles. The molecule has 94 valence electrons. The number of nitrogens with two attached hydrogens (primary N) is 1. The van der Waals surface area contributed by atoms with E-state index in [4.69, 9.17) is 15.2 Å². The van der Waals surface area contributed by atoms with Gasteiger partial charge >= 0.3 is 6.01 Å². The molecule has 0 amide bonds. The van der Waals surface area contributed by atoms with Gasteiger partial charge in [0.25, 0.3) is 0 Å². The fourth-order valence-corrected chi connectivity index (χ4v) is 1.74. The number of rotatable bonds is 3. The number of hydrogen-bond acceptors (Lipinski definition) is 7. The summed E-state index contributed by atoms with van der Waals surface area (Å²) in [4.78, 5) is 14.2. The molecular weight excluding hydrogens is 222 g/mol. The number of ether oxygens (including phenoxy) is 2. The quantitative estimate of drug-likeness (QED) is 0.799. The second-order valence-corrected chi connectivity index (χ2v) is 3.83. The molecule has 0 aromatic carbocycles. The summed E-state index contributed by atoms with van der Waals surface area (Å²) in [7, 11) is 1.51. The van der Waals surface area contributed by atoms with Crippen molar-refractivity contribution < 1.29 is 9.47 Å². The van der Waals surface area contributed by atoms with E-state index in [1.54, 1.807) is 0 Å². The van der Waals surface area contributed by atoms with Crippen molar-refractivity contribution in [1.82, 2.24) is 15.0 Å². The molecule has 1 aromatic rings. The number of nitrogen functional groups attached to an aromatic ring is 1. The van der Waals surface area contributed by atoms with Crippen LogP contribution in [0.25, 0.3) is 0 Å². The minimum Gasteiger partial charge on any atom is -0.467 e. The molecule has 2 heterocycles. The van der Waals surface area contributed by atoms with Crippen LogP contribution in [0.1, 0.15) is 13.3 Å². The highest BCUT2D eigenvalue weighted by atomic mass is 16.5. The van der Waals surface area contributed by atoms with E-state index in [1.807, 2.05) is 4.90 Å². The van der Waals surface area contributed by atoms with E-state index < -0.39 is 0 Å². The van der Waals surface area contributed by atoms with Gasteiger partial charge in [-0.15, -0.1) is 0 Å². The SMILES string of the molecule is CCC1CN(c2nc(N)nc(OC)n2)CCO1. The van der Waals surface area contributed by atoms with Gasteiger partial charge < -0.3 is 20.1 Å². The Balaban J connectivity index is 2.18. The first kappa shape index (κ1) is 11.8. The maximum atomic E-state index is 5.61. The van der Waals surface area contributed by atoms with Gasteiger partial charge in [-0.05, 0) is 6.42 Å². The highest BCUT2D eigenvalue weighted by Gasteiger charge is 2.22. The lowest BCUT2D eigenvalue weighted by molar-refractivity contribution is 0.0378. The van der Waals surface area contributed by atoms with Crippen molar-refractivity contribution in [3.8, 4) is 6.01 Å². The fourth-order valence-electron chi connectivity index (χ4n) is 1.74. The van der Waals surface area contributed by atoms with Crippen molar-refractivity contribution in [2.75, 3.05) is 37.4 Å². The van der Waals surface area contributed by atoms with Gasteiger partial charge in [0.1, 0.15) is 0 Å². The van der Waals surface area contributed by atoms with E-state index in [0.717, 1.165) is 19.5 Å². The number of morpholine rings is 1. The normalized spacial score (nSPS) is 20.4. The molecule has 17 heavy (non-hydrogen) atoms. The molecule has 0 saturated carbocycles. The van der Waals surface area contributed by atoms with Crippen molar-refractivity contribution in [3.63, 3.8) is 0 Å². The smallest absolute Gasteiger partial charge is 0.322 e. The van der Waals surface area contributed by atoms with Crippen LogP contribution in [-0.2, 0) is 4.74 Å². The van der Waals surface area contributed by atoms with Crippen LogP contribution in [0.5, 0.6) is 6.01 Å². The molecule has 0 spiro atoms. The van der Waals surface area contributed by atoms with Crippen molar-refractivity contribution in [1.29, 1.82) is 0 Å².